The first-order valence-corrected chi connectivity index (χ1v) is 5.50. The van der Waals surface area contributed by atoms with Gasteiger partial charge in [0.2, 0.25) is 0 Å². The van der Waals surface area contributed by atoms with Crippen LogP contribution in [0.5, 0.6) is 0 Å². The molecule has 0 aromatic heterocycles. The molecular weight excluding hydrogens is 201 g/mol. The van der Waals surface area contributed by atoms with Crippen LogP contribution in [0, 0.1) is 5.82 Å². The molecule has 0 fully saturated rings. The second-order valence-electron chi connectivity index (χ2n) is 2.58. The SMILES string of the molecule is CC.CCc1cccc(C(F)P)c1F. The summed E-state index contributed by atoms with van der Waals surface area (Å²) in [5, 5.41) is 0. The van der Waals surface area contributed by atoms with Gasteiger partial charge in [0, 0.05) is 5.56 Å². The molecule has 0 aliphatic heterocycles. The first-order valence-electron chi connectivity index (χ1n) is 4.83. The molecule has 1 aromatic carbocycles. The molecule has 0 aliphatic carbocycles. The van der Waals surface area contributed by atoms with E-state index in [0.29, 0.717) is 12.0 Å². The van der Waals surface area contributed by atoms with Crippen molar-refractivity contribution < 1.29 is 8.78 Å². The minimum atomic E-state index is -1.31. The van der Waals surface area contributed by atoms with Crippen LogP contribution in [0.2, 0.25) is 0 Å². The van der Waals surface area contributed by atoms with Crippen LogP contribution in [-0.4, -0.2) is 0 Å². The third kappa shape index (κ3) is 3.34. The summed E-state index contributed by atoms with van der Waals surface area (Å²) in [6.07, 6.45) is 0.594. The van der Waals surface area contributed by atoms with Crippen molar-refractivity contribution in [1.82, 2.24) is 0 Å². The predicted molar refractivity (Wildman–Crippen MR) is 60.7 cm³/mol. The van der Waals surface area contributed by atoms with Crippen LogP contribution in [0.25, 0.3) is 0 Å². The van der Waals surface area contributed by atoms with Gasteiger partial charge in [0.05, 0.1) is 0 Å². The van der Waals surface area contributed by atoms with E-state index in [-0.39, 0.29) is 5.56 Å². The van der Waals surface area contributed by atoms with E-state index in [9.17, 15) is 8.78 Å². The van der Waals surface area contributed by atoms with E-state index in [1.54, 1.807) is 12.1 Å². The number of halogens is 2. The highest BCUT2D eigenvalue weighted by Gasteiger charge is 2.11. The summed E-state index contributed by atoms with van der Waals surface area (Å²) >= 11 is 0. The minimum Gasteiger partial charge on any atom is -0.238 e. The standard InChI is InChI=1S/C9H11F2P.C2H6/c1-2-6-4-3-5-7(8(6)10)9(11)12;1-2/h3-5,9H,2,12H2,1H3;1-2H3. The molecule has 3 heteroatoms. The average molecular weight is 218 g/mol. The number of benzene rings is 1. The number of hydrogen-bond acceptors (Lipinski definition) is 0. The molecule has 2 atom stereocenters. The van der Waals surface area contributed by atoms with Crippen LogP contribution in [0.15, 0.2) is 18.2 Å². The van der Waals surface area contributed by atoms with Gasteiger partial charge in [0.25, 0.3) is 0 Å². The Labute approximate surface area is 86.9 Å². The van der Waals surface area contributed by atoms with Crippen molar-refractivity contribution in [3.63, 3.8) is 0 Å². The van der Waals surface area contributed by atoms with Crippen molar-refractivity contribution in [3.05, 3.63) is 35.1 Å². The van der Waals surface area contributed by atoms with Crippen molar-refractivity contribution in [2.45, 2.75) is 33.1 Å². The lowest BCUT2D eigenvalue weighted by Crippen LogP contribution is -1.94. The van der Waals surface area contributed by atoms with Crippen LogP contribution < -0.4 is 0 Å². The highest BCUT2D eigenvalue weighted by atomic mass is 31.0. The molecule has 0 spiro atoms. The zero-order valence-corrected chi connectivity index (χ0v) is 10.0. The number of rotatable bonds is 2. The van der Waals surface area contributed by atoms with Crippen molar-refractivity contribution in [2.75, 3.05) is 0 Å². The van der Waals surface area contributed by atoms with Crippen LogP contribution >= 0.6 is 9.24 Å². The summed E-state index contributed by atoms with van der Waals surface area (Å²) in [6.45, 7) is 5.85. The summed E-state index contributed by atoms with van der Waals surface area (Å²) in [6, 6.07) is 4.81. The Morgan fingerprint density at radius 2 is 1.93 bits per heavy atom. The summed E-state index contributed by atoms with van der Waals surface area (Å²) in [5.41, 5.74) is 0.692. The summed E-state index contributed by atoms with van der Waals surface area (Å²) in [4.78, 5) is 0. The van der Waals surface area contributed by atoms with E-state index >= 15 is 0 Å². The lowest BCUT2D eigenvalue weighted by atomic mass is 10.1. The Morgan fingerprint density at radius 1 is 1.36 bits per heavy atom. The van der Waals surface area contributed by atoms with Crippen molar-refractivity contribution in [2.24, 2.45) is 0 Å². The third-order valence-electron chi connectivity index (χ3n) is 1.79. The largest absolute Gasteiger partial charge is 0.238 e. The van der Waals surface area contributed by atoms with Gasteiger partial charge < -0.3 is 0 Å². The van der Waals surface area contributed by atoms with Gasteiger partial charge in [-0.3, -0.25) is 0 Å². The Balaban J connectivity index is 0.000000791. The summed E-state index contributed by atoms with van der Waals surface area (Å²) < 4.78 is 26.0. The van der Waals surface area contributed by atoms with Crippen molar-refractivity contribution in [3.8, 4) is 0 Å². The monoisotopic (exact) mass is 218 g/mol. The molecule has 14 heavy (non-hydrogen) atoms. The van der Waals surface area contributed by atoms with E-state index in [4.69, 9.17) is 0 Å². The zero-order chi connectivity index (χ0) is 11.1. The molecule has 1 aromatic rings. The molecule has 2 unspecified atom stereocenters. The smallest absolute Gasteiger partial charge is 0.141 e. The quantitative estimate of drug-likeness (QED) is 0.651. The van der Waals surface area contributed by atoms with Gasteiger partial charge in [-0.2, -0.15) is 0 Å². The molecule has 0 saturated heterocycles. The topological polar surface area (TPSA) is 0 Å². The highest BCUT2D eigenvalue weighted by Crippen LogP contribution is 2.28. The third-order valence-corrected chi connectivity index (χ3v) is 2.15. The molecule has 0 nitrogen and oxygen atoms in total. The van der Waals surface area contributed by atoms with Gasteiger partial charge >= 0.3 is 0 Å². The second kappa shape index (κ2) is 6.89. The predicted octanol–water partition coefficient (Wildman–Crippen LogP) is 4.26. The maximum absolute atomic E-state index is 13.3. The van der Waals surface area contributed by atoms with Crippen LogP contribution in [-0.2, 0) is 6.42 Å². The normalized spacial score (nSPS) is 11.6. The first kappa shape index (κ1) is 13.5. The zero-order valence-electron chi connectivity index (χ0n) is 8.85. The lowest BCUT2D eigenvalue weighted by molar-refractivity contribution is 0.447. The van der Waals surface area contributed by atoms with Gasteiger partial charge in [0.15, 0.2) is 0 Å². The van der Waals surface area contributed by atoms with Crippen LogP contribution in [0.1, 0.15) is 37.8 Å². The fraction of sp³-hybridized carbons (Fsp3) is 0.455. The van der Waals surface area contributed by atoms with Crippen LogP contribution in [0.4, 0.5) is 8.78 Å². The number of aryl methyl sites for hydroxylation is 1. The van der Waals surface area contributed by atoms with Crippen molar-refractivity contribution >= 4 is 9.24 Å². The molecule has 0 aliphatic rings. The van der Waals surface area contributed by atoms with Gasteiger partial charge in [-0.05, 0) is 12.0 Å². The molecule has 0 N–H and O–H groups in total. The summed E-state index contributed by atoms with van der Waals surface area (Å²) in [5.74, 6) is -1.72. The van der Waals surface area contributed by atoms with E-state index in [0.717, 1.165) is 0 Å². The van der Waals surface area contributed by atoms with E-state index in [1.165, 1.54) is 6.07 Å². The minimum absolute atomic E-state index is 0.124. The van der Waals surface area contributed by atoms with Crippen molar-refractivity contribution in [1.29, 1.82) is 0 Å². The first-order chi connectivity index (χ1) is 6.66. The summed E-state index contributed by atoms with van der Waals surface area (Å²) in [7, 11) is 1.94. The van der Waals surface area contributed by atoms with Crippen LogP contribution in [0.3, 0.4) is 0 Å². The van der Waals surface area contributed by atoms with E-state index < -0.39 is 11.7 Å². The highest BCUT2D eigenvalue weighted by molar-refractivity contribution is 7.16. The molecule has 0 amide bonds. The number of hydrogen-bond donors (Lipinski definition) is 0. The fourth-order valence-corrected chi connectivity index (χ4v) is 1.34. The molecule has 0 radical (unpaired) electrons. The molecule has 0 heterocycles. The van der Waals surface area contributed by atoms with Gasteiger partial charge in [0.1, 0.15) is 11.7 Å². The van der Waals surface area contributed by atoms with Gasteiger partial charge in [-0.1, -0.05) is 48.2 Å². The van der Waals surface area contributed by atoms with Gasteiger partial charge in [-0.15, -0.1) is 0 Å². The molecule has 0 bridgehead atoms. The van der Waals surface area contributed by atoms with E-state index in [1.807, 2.05) is 30.0 Å². The average Bonchev–Trinajstić information content (AvgIpc) is 2.21. The maximum Gasteiger partial charge on any atom is 0.141 e. The maximum atomic E-state index is 13.3. The Kier molecular flexibility index (Phi) is 6.65. The Hall–Kier alpha value is -0.490. The second-order valence-corrected chi connectivity index (χ2v) is 3.16. The Bertz CT molecular complexity index is 272. The lowest BCUT2D eigenvalue weighted by Gasteiger charge is -2.06. The molecule has 1 rings (SSSR count). The molecule has 80 valence electrons. The molecular formula is C11H17F2P. The van der Waals surface area contributed by atoms with Gasteiger partial charge in [-0.25, -0.2) is 8.78 Å². The van der Waals surface area contributed by atoms with E-state index in [2.05, 4.69) is 0 Å². The number of alkyl halides is 1. The molecule has 0 saturated carbocycles. The fourth-order valence-electron chi connectivity index (χ4n) is 1.09. The Morgan fingerprint density at radius 3 is 2.36 bits per heavy atom.